The van der Waals surface area contributed by atoms with E-state index < -0.39 is 7.81 Å². The van der Waals surface area contributed by atoms with E-state index >= 15 is 0 Å². The molecule has 1 aromatic carbocycles. The van der Waals surface area contributed by atoms with Gasteiger partial charge in [0.25, 0.3) is 0 Å². The average Bonchev–Trinajstić information content (AvgIpc) is 2.44. The van der Waals surface area contributed by atoms with E-state index in [1.165, 1.54) is 6.39 Å². The van der Waals surface area contributed by atoms with E-state index in [1.54, 1.807) is 0 Å². The zero-order valence-corrected chi connectivity index (χ0v) is 11.2. The maximum atomic E-state index is 9.87. The standard InChI is InChI=1S/C7H5NO.BrH.F6P.H3N/c1-2-4-7-6(3-1)8-5-9-7;;1-7(2,3,4,5)6;/h1-5H;1H;;1H3/q;;-1;/p+1. The van der Waals surface area contributed by atoms with Crippen LogP contribution in [-0.4, -0.2) is 4.98 Å². The van der Waals surface area contributed by atoms with Crippen molar-refractivity contribution in [2.24, 2.45) is 0 Å². The smallest absolute Gasteiger partial charge is 0.443 e. The van der Waals surface area contributed by atoms with Gasteiger partial charge in [0.1, 0.15) is 5.52 Å². The van der Waals surface area contributed by atoms with E-state index in [0.29, 0.717) is 0 Å². The van der Waals surface area contributed by atoms with Crippen LogP contribution in [0.2, 0.25) is 0 Å². The predicted octanol–water partition coefficient (Wildman–Crippen LogP) is 6.06. The summed E-state index contributed by atoms with van der Waals surface area (Å²) in [7, 11) is -10.7. The number of hydrogen-bond donors (Lipinski definition) is 1. The summed E-state index contributed by atoms with van der Waals surface area (Å²) in [5.41, 5.74) is 1.76. The summed E-state index contributed by atoms with van der Waals surface area (Å²) < 4.78 is 64.2. The van der Waals surface area contributed by atoms with Gasteiger partial charge >= 0.3 is 34.4 Å². The summed E-state index contributed by atoms with van der Waals surface area (Å²) in [6.45, 7) is 0. The maximum absolute atomic E-state index is 10.7. The summed E-state index contributed by atoms with van der Waals surface area (Å²) in [6.07, 6.45) is 1.45. The van der Waals surface area contributed by atoms with Gasteiger partial charge in [0, 0.05) is 0 Å². The van der Waals surface area contributed by atoms with Crippen molar-refractivity contribution in [2.75, 3.05) is 0 Å². The molecule has 0 saturated carbocycles. The van der Waals surface area contributed by atoms with Gasteiger partial charge in [0.15, 0.2) is 12.0 Å². The van der Waals surface area contributed by atoms with Crippen LogP contribution in [0.1, 0.15) is 1.43 Å². The van der Waals surface area contributed by atoms with Crippen LogP contribution in [0.15, 0.2) is 35.1 Å². The second-order valence-electron chi connectivity index (χ2n) is 2.78. The van der Waals surface area contributed by atoms with Gasteiger partial charge in [0.05, 0.1) is 0 Å². The number of rotatable bonds is 0. The number of hydrogen-bond acceptors (Lipinski definition) is 3. The first-order chi connectivity index (χ1) is 6.92. The molecule has 0 spiro atoms. The van der Waals surface area contributed by atoms with Crippen LogP contribution in [0, 0.1) is 0 Å². The van der Waals surface area contributed by atoms with E-state index in [0.717, 1.165) is 11.1 Å². The number of para-hydroxylation sites is 2. The Morgan fingerprint density at radius 3 is 1.89 bits per heavy atom. The fourth-order valence-corrected chi connectivity index (χ4v) is 0.803. The molecule has 108 valence electrons. The van der Waals surface area contributed by atoms with E-state index in [1.807, 2.05) is 24.3 Å². The first kappa shape index (κ1) is 19.5. The Labute approximate surface area is 109 Å². The van der Waals surface area contributed by atoms with Gasteiger partial charge in [-0.3, -0.25) is 0 Å². The molecule has 0 fully saturated rings. The molecule has 0 atom stereocenters. The number of nitrogens with zero attached hydrogens (tertiary/aromatic N) is 1. The summed E-state index contributed by atoms with van der Waals surface area (Å²) >= 11 is 0. The third-order valence-corrected chi connectivity index (χ3v) is 1.24. The molecular formula is C7H10BrF6N2OP. The second kappa shape index (κ2) is 5.02. The van der Waals surface area contributed by atoms with Gasteiger partial charge in [0.2, 0.25) is 0 Å². The van der Waals surface area contributed by atoms with Crippen molar-refractivity contribution >= 4 is 35.9 Å². The molecule has 11 heteroatoms. The molecule has 0 amide bonds. The quantitative estimate of drug-likeness (QED) is 0.457. The maximum Gasteiger partial charge on any atom is 1.00 e. The van der Waals surface area contributed by atoms with E-state index in [4.69, 9.17) is 4.42 Å². The molecule has 0 unspecified atom stereocenters. The van der Waals surface area contributed by atoms with Crippen molar-refractivity contribution < 1.29 is 31.0 Å². The van der Waals surface area contributed by atoms with Crippen molar-refractivity contribution in [3.05, 3.63) is 30.7 Å². The van der Waals surface area contributed by atoms with Gasteiger partial charge in [-0.15, -0.1) is 17.0 Å². The largest absolute Gasteiger partial charge is 1.00 e. The molecule has 1 heterocycles. The van der Waals surface area contributed by atoms with Crippen LogP contribution in [-0.2, 0) is 0 Å². The van der Waals surface area contributed by atoms with Crippen molar-refractivity contribution in [1.82, 2.24) is 11.1 Å². The number of halogens is 7. The number of aromatic nitrogens is 1. The monoisotopic (exact) mass is 362 g/mol. The van der Waals surface area contributed by atoms with Crippen molar-refractivity contribution in [3.63, 3.8) is 0 Å². The molecule has 1 aromatic heterocycles. The van der Waals surface area contributed by atoms with Crippen LogP contribution in [0.4, 0.5) is 25.2 Å². The predicted molar refractivity (Wildman–Crippen MR) is 64.0 cm³/mol. The van der Waals surface area contributed by atoms with Crippen LogP contribution in [0.5, 0.6) is 0 Å². The van der Waals surface area contributed by atoms with Crippen LogP contribution in [0.3, 0.4) is 0 Å². The van der Waals surface area contributed by atoms with E-state index in [9.17, 15) is 25.2 Å². The van der Waals surface area contributed by atoms with E-state index in [-0.39, 0.29) is 24.6 Å². The zero-order valence-electron chi connectivity index (χ0n) is 9.57. The summed E-state index contributed by atoms with van der Waals surface area (Å²) in [6, 6.07) is 7.67. The Kier molecular flexibility index (Phi) is 5.44. The molecule has 0 aliphatic rings. The molecule has 0 aliphatic carbocycles. The van der Waals surface area contributed by atoms with Crippen LogP contribution >= 0.6 is 24.8 Å². The molecule has 0 radical (unpaired) electrons. The first-order valence-corrected chi connectivity index (χ1v) is 5.79. The number of oxazole rings is 1. The Balaban J connectivity index is -0.000000240. The second-order valence-corrected chi connectivity index (χ2v) is 4.70. The Morgan fingerprint density at radius 1 is 1.00 bits per heavy atom. The van der Waals surface area contributed by atoms with Gasteiger partial charge in [-0.05, 0) is 12.1 Å². The number of benzene rings is 1. The van der Waals surface area contributed by atoms with Crippen molar-refractivity contribution in [3.8, 4) is 0 Å². The molecule has 2 rings (SSSR count). The molecule has 3 nitrogen and oxygen atoms in total. The Bertz CT molecular complexity index is 462. The molecule has 0 saturated heterocycles. The normalized spacial score (nSPS) is 14.1. The Hall–Kier alpha value is -0.860. The van der Waals surface area contributed by atoms with Crippen LogP contribution < -0.4 is 6.15 Å². The summed E-state index contributed by atoms with van der Waals surface area (Å²) in [5.74, 6) is 0. The van der Waals surface area contributed by atoms with E-state index in [2.05, 4.69) is 4.98 Å². The fraction of sp³-hybridized carbons (Fsp3) is 0. The minimum absolute atomic E-state index is 0. The molecular weight excluding hydrogens is 353 g/mol. The Morgan fingerprint density at radius 2 is 1.44 bits per heavy atom. The van der Waals surface area contributed by atoms with Gasteiger partial charge in [-0.25, -0.2) is 4.98 Å². The third kappa shape index (κ3) is 11.6. The minimum atomic E-state index is -10.7. The van der Waals surface area contributed by atoms with Gasteiger partial charge in [-0.2, -0.15) is 0 Å². The zero-order chi connectivity index (χ0) is 12.5. The molecule has 3 N–H and O–H groups in total. The molecule has 2 aromatic rings. The third-order valence-electron chi connectivity index (χ3n) is 1.24. The fourth-order valence-electron chi connectivity index (χ4n) is 0.803. The average molecular weight is 363 g/mol. The molecule has 0 aliphatic heterocycles. The summed E-state index contributed by atoms with van der Waals surface area (Å²) in [4.78, 5) is 3.95. The van der Waals surface area contributed by atoms with Gasteiger partial charge < -0.3 is 10.6 Å². The SMILES string of the molecule is Br.F[P-](F)(F)(F)(F)F.N.[H+].c1ccc2ocnc2c1. The summed E-state index contributed by atoms with van der Waals surface area (Å²) in [5, 5.41) is 0. The number of fused-ring (bicyclic) bond motifs is 1. The molecule has 18 heavy (non-hydrogen) atoms. The molecule has 0 bridgehead atoms. The van der Waals surface area contributed by atoms with Crippen LogP contribution in [0.25, 0.3) is 11.1 Å². The van der Waals surface area contributed by atoms with Crippen molar-refractivity contribution in [2.45, 2.75) is 0 Å². The topological polar surface area (TPSA) is 61.0 Å². The first-order valence-electron chi connectivity index (χ1n) is 3.76. The van der Waals surface area contributed by atoms with Gasteiger partial charge in [-0.1, -0.05) is 12.1 Å². The van der Waals surface area contributed by atoms with Crippen molar-refractivity contribution in [1.29, 1.82) is 0 Å². The minimum Gasteiger partial charge on any atom is -0.443 e.